The van der Waals surface area contributed by atoms with Gasteiger partial charge in [0.1, 0.15) is 1.28 Å². The third-order valence-electron chi connectivity index (χ3n) is 2.86. The van der Waals surface area contributed by atoms with Gasteiger partial charge in [-0.3, -0.25) is 4.74 Å². The van der Waals surface area contributed by atoms with Crippen LogP contribution in [0.4, 0.5) is 0 Å². The van der Waals surface area contributed by atoms with Gasteiger partial charge in [-0.05, 0) is 22.3 Å². The average molecular weight is 206 g/mol. The molecule has 1 aliphatic heterocycles. The number of nitrogens with zero attached hydrogens (tertiary/aromatic N) is 1. The highest BCUT2D eigenvalue weighted by Gasteiger charge is 2.39. The lowest BCUT2D eigenvalue weighted by molar-refractivity contribution is -0.144. The van der Waals surface area contributed by atoms with Crippen LogP contribution in [-0.4, -0.2) is 30.7 Å². The Balaban J connectivity index is 2.73. The van der Waals surface area contributed by atoms with E-state index in [0.29, 0.717) is 0 Å². The third-order valence-corrected chi connectivity index (χ3v) is 3.13. The summed E-state index contributed by atoms with van der Waals surface area (Å²) < 4.78 is 16.8. The normalized spacial score (nSPS) is 48.0. The van der Waals surface area contributed by atoms with E-state index in [1.165, 1.54) is 0 Å². The van der Waals surface area contributed by atoms with Crippen molar-refractivity contribution in [2.75, 3.05) is 0 Å². The Morgan fingerprint density at radius 2 is 2.31 bits per heavy atom. The van der Waals surface area contributed by atoms with E-state index in [4.69, 9.17) is 6.02 Å². The molecule has 1 N–H and O–H groups in total. The Hall–Kier alpha value is 0.0200. The summed E-state index contributed by atoms with van der Waals surface area (Å²) in [5, 5.41) is 9.90. The minimum absolute atomic E-state index is 0.0104. The average Bonchev–Trinajstić information content (AvgIpc) is 2.18. The van der Waals surface area contributed by atoms with Gasteiger partial charge in [0, 0.05) is 5.92 Å². The molecular formula is C9H18NO2P. The van der Waals surface area contributed by atoms with Gasteiger partial charge < -0.3 is 9.84 Å². The van der Waals surface area contributed by atoms with Crippen LogP contribution in [0.1, 0.15) is 27.2 Å². The molecule has 2 unspecified atom stereocenters. The van der Waals surface area contributed by atoms with Crippen LogP contribution in [0.25, 0.3) is 0 Å². The molecule has 4 heteroatoms. The molecule has 0 aromatic rings. The van der Waals surface area contributed by atoms with Crippen LogP contribution >= 0.6 is 8.98 Å². The molecule has 1 heterocycles. The fraction of sp³-hybridized carbons (Fsp3) is 1.00. The molecule has 0 amide bonds. The van der Waals surface area contributed by atoms with Gasteiger partial charge in [0.05, 0.1) is 24.4 Å². The molecule has 0 aromatic carbocycles. The fourth-order valence-electron chi connectivity index (χ4n) is 1.94. The molecule has 0 saturated carbocycles. The Labute approximate surface area is 83.1 Å². The Bertz CT molecular complexity index is 215. The summed E-state index contributed by atoms with van der Waals surface area (Å²) in [4.78, 5) is 0. The zero-order chi connectivity index (χ0) is 10.7. The predicted molar refractivity (Wildman–Crippen MR) is 54.3 cm³/mol. The maximum absolute atomic E-state index is 9.90. The van der Waals surface area contributed by atoms with Crippen molar-refractivity contribution in [3.05, 3.63) is 0 Å². The topological polar surface area (TPSA) is 41.8 Å². The number of ether oxygens (including phenoxy) is 1. The molecule has 1 fully saturated rings. The molecule has 1 aliphatic rings. The molecule has 13 heavy (non-hydrogen) atoms. The molecule has 1 saturated heterocycles. The fourth-order valence-corrected chi connectivity index (χ4v) is 2.34. The van der Waals surface area contributed by atoms with Crippen LogP contribution in [0.3, 0.4) is 0 Å². The second-order valence-electron chi connectivity index (χ2n) is 3.74. The maximum Gasteiger partial charge on any atom is 0.114 e. The van der Waals surface area contributed by atoms with Crippen molar-refractivity contribution in [3.63, 3.8) is 0 Å². The van der Waals surface area contributed by atoms with Gasteiger partial charge in [-0.1, -0.05) is 13.8 Å². The number of aliphatic hydroxyl groups excluding tert-OH is 1. The summed E-state index contributed by atoms with van der Waals surface area (Å²) in [7, 11) is 0.269. The van der Waals surface area contributed by atoms with Gasteiger partial charge >= 0.3 is 0 Å². The van der Waals surface area contributed by atoms with E-state index < -0.39 is 6.10 Å². The molecule has 0 aliphatic carbocycles. The smallest absolute Gasteiger partial charge is 0.114 e. The van der Waals surface area contributed by atoms with Crippen molar-refractivity contribution in [1.82, 2.24) is 0 Å². The van der Waals surface area contributed by atoms with Crippen LogP contribution in [-0.2, 0) is 4.74 Å². The molecule has 0 radical (unpaired) electrons. The van der Waals surface area contributed by atoms with Gasteiger partial charge in [0.25, 0.3) is 0 Å². The molecule has 1 rings (SSSR count). The van der Waals surface area contributed by atoms with E-state index in [-0.39, 0.29) is 33.1 Å². The number of aliphatic hydroxyl groups is 1. The van der Waals surface area contributed by atoms with E-state index in [0.717, 1.165) is 6.42 Å². The summed E-state index contributed by atoms with van der Waals surface area (Å²) >= 11 is 0. The zero-order valence-electron chi connectivity index (χ0n) is 9.34. The number of rotatable bonds is 2. The monoisotopic (exact) mass is 206 g/mol. The van der Waals surface area contributed by atoms with Crippen molar-refractivity contribution in [2.24, 2.45) is 10.7 Å². The highest BCUT2D eigenvalue weighted by Crippen LogP contribution is 2.29. The molecule has 0 aromatic heterocycles. The lowest BCUT2D eigenvalue weighted by Gasteiger charge is -2.40. The standard InChI is InChI=1S/C9H18NO2P/c1-4-7-9(11)5(2)8(10-13)6(3)12-7/h5-9,11,13H,4H2,1-3H3/t5?,6-,7?,8-,9-/m0/s1. The summed E-state index contributed by atoms with van der Waals surface area (Å²) in [6.45, 7) is 5.95. The van der Waals surface area contributed by atoms with Crippen molar-refractivity contribution < 1.29 is 9.84 Å². The van der Waals surface area contributed by atoms with Crippen molar-refractivity contribution in [3.8, 4) is 0 Å². The second-order valence-corrected chi connectivity index (χ2v) is 3.97. The first kappa shape index (κ1) is 9.57. The summed E-state index contributed by atoms with van der Waals surface area (Å²) in [5.74, 6) is 0.0848. The van der Waals surface area contributed by atoms with E-state index >= 15 is 0 Å². The van der Waals surface area contributed by atoms with E-state index in [1.807, 2.05) is 20.8 Å². The SMILES string of the molecule is [4H]/P=N\[C@H]1C(C)[C@H](O)C(CC)O[C@H]1C. The highest BCUT2D eigenvalue weighted by molar-refractivity contribution is 7.04. The Kier molecular flexibility index (Phi) is 3.31. The number of hydrogen-bond donors (Lipinski definition) is 1. The van der Waals surface area contributed by atoms with E-state index in [2.05, 4.69) is 4.74 Å². The molecular weight excluding hydrogens is 185 g/mol. The predicted octanol–water partition coefficient (Wildman–Crippen LogP) is 1.88. The summed E-state index contributed by atoms with van der Waals surface area (Å²) in [6.07, 6.45) is 0.304. The second kappa shape index (κ2) is 4.50. The lowest BCUT2D eigenvalue weighted by atomic mass is 9.86. The van der Waals surface area contributed by atoms with Gasteiger partial charge in [0.2, 0.25) is 0 Å². The van der Waals surface area contributed by atoms with E-state index in [1.54, 1.807) is 0 Å². The van der Waals surface area contributed by atoms with Crippen molar-refractivity contribution >= 4 is 8.98 Å². The first-order valence-electron chi connectivity index (χ1n) is 5.24. The van der Waals surface area contributed by atoms with E-state index in [9.17, 15) is 5.11 Å². The summed E-state index contributed by atoms with van der Waals surface area (Å²) in [6, 6.07) is -0.0491. The van der Waals surface area contributed by atoms with Crippen LogP contribution in [0.15, 0.2) is 4.74 Å². The molecule has 3 nitrogen and oxygen atoms in total. The summed E-state index contributed by atoms with van der Waals surface area (Å²) in [5.41, 5.74) is 0. The van der Waals surface area contributed by atoms with Crippen molar-refractivity contribution in [1.29, 1.82) is 1.28 Å². The first-order valence-corrected chi connectivity index (χ1v) is 5.19. The molecule has 0 bridgehead atoms. The molecule has 0 spiro atoms. The Morgan fingerprint density at radius 1 is 1.62 bits per heavy atom. The van der Waals surface area contributed by atoms with Gasteiger partial charge in [-0.15, -0.1) is 0 Å². The maximum atomic E-state index is 9.90. The van der Waals surface area contributed by atoms with Crippen LogP contribution in [0.2, 0.25) is 0 Å². The third kappa shape index (κ3) is 2.09. The molecule has 76 valence electrons. The molecule has 5 atom stereocenters. The first-order chi connectivity index (χ1) is 6.61. The minimum atomic E-state index is -0.452. The van der Waals surface area contributed by atoms with Crippen LogP contribution < -0.4 is 0 Å². The van der Waals surface area contributed by atoms with Gasteiger partial charge in [-0.25, -0.2) is 0 Å². The minimum Gasteiger partial charge on any atom is -0.390 e. The van der Waals surface area contributed by atoms with Gasteiger partial charge in [0.15, 0.2) is 0 Å². The largest absolute Gasteiger partial charge is 0.390 e. The highest BCUT2D eigenvalue weighted by atomic mass is 31.0. The Morgan fingerprint density at radius 3 is 2.85 bits per heavy atom. The lowest BCUT2D eigenvalue weighted by Crippen LogP contribution is -2.50. The van der Waals surface area contributed by atoms with Crippen LogP contribution in [0.5, 0.6) is 0 Å². The zero-order valence-corrected chi connectivity index (χ0v) is 9.24. The van der Waals surface area contributed by atoms with Crippen molar-refractivity contribution in [2.45, 2.75) is 51.5 Å². The van der Waals surface area contributed by atoms with Crippen LogP contribution in [0, 0.1) is 5.92 Å². The number of hydrogen-bond acceptors (Lipinski definition) is 3. The van der Waals surface area contributed by atoms with Gasteiger partial charge in [-0.2, -0.15) is 0 Å². The quantitative estimate of drug-likeness (QED) is 0.701.